The lowest BCUT2D eigenvalue weighted by atomic mass is 9.90. The van der Waals surface area contributed by atoms with Crippen LogP contribution in [-0.4, -0.2) is 44.9 Å². The molecule has 1 atom stereocenters. The molecule has 1 aromatic heterocycles. The van der Waals surface area contributed by atoms with E-state index in [1.165, 1.54) is 5.56 Å². The van der Waals surface area contributed by atoms with Crippen molar-refractivity contribution in [3.63, 3.8) is 0 Å². The summed E-state index contributed by atoms with van der Waals surface area (Å²) in [4.78, 5) is 25.6. The number of aryl methyl sites for hydroxylation is 1. The minimum atomic E-state index is -0.879. The van der Waals surface area contributed by atoms with Crippen molar-refractivity contribution in [3.05, 3.63) is 41.7 Å². The number of nitrogens with zero attached hydrogens (tertiary/aromatic N) is 3. The molecule has 0 aliphatic carbocycles. The van der Waals surface area contributed by atoms with Gasteiger partial charge in [-0.15, -0.1) is 0 Å². The summed E-state index contributed by atoms with van der Waals surface area (Å²) < 4.78 is 1.85. The highest BCUT2D eigenvalue weighted by molar-refractivity contribution is 5.91. The van der Waals surface area contributed by atoms with Gasteiger partial charge in [-0.1, -0.05) is 31.0 Å². The number of carboxylic acid groups (broad SMARTS) is 1. The van der Waals surface area contributed by atoms with E-state index in [9.17, 15) is 14.7 Å². The number of hydrogen-bond donors (Lipinski definition) is 2. The third-order valence-corrected chi connectivity index (χ3v) is 5.15. The number of benzene rings is 1. The third kappa shape index (κ3) is 3.82. The summed E-state index contributed by atoms with van der Waals surface area (Å²) >= 11 is 0. The zero-order valence-corrected chi connectivity index (χ0v) is 16.0. The van der Waals surface area contributed by atoms with Crippen LogP contribution in [0, 0.1) is 12.3 Å². The van der Waals surface area contributed by atoms with Gasteiger partial charge in [-0.2, -0.15) is 5.10 Å². The van der Waals surface area contributed by atoms with Crippen LogP contribution in [0.25, 0.3) is 5.69 Å². The second-order valence-corrected chi connectivity index (χ2v) is 7.47. The van der Waals surface area contributed by atoms with Crippen LogP contribution in [0.5, 0.6) is 0 Å². The molecule has 1 aromatic carbocycles. The summed E-state index contributed by atoms with van der Waals surface area (Å²) in [5.74, 6) is -0.864. The number of likely N-dealkylation sites (tertiary alicyclic amines) is 1. The first-order valence-electron chi connectivity index (χ1n) is 9.27. The predicted octanol–water partition coefficient (Wildman–Crippen LogP) is 3.46. The van der Waals surface area contributed by atoms with Crippen molar-refractivity contribution >= 4 is 17.7 Å². The smallest absolute Gasteiger partial charge is 0.321 e. The number of aromatic nitrogens is 2. The molecule has 2 N–H and O–H groups in total. The Morgan fingerprint density at radius 1 is 1.30 bits per heavy atom. The number of carbonyl (C=O) groups is 2. The van der Waals surface area contributed by atoms with Crippen molar-refractivity contribution in [2.24, 2.45) is 5.41 Å². The Bertz CT molecular complexity index is 843. The third-order valence-electron chi connectivity index (χ3n) is 5.15. The van der Waals surface area contributed by atoms with Gasteiger partial charge in [0, 0.05) is 13.1 Å². The molecule has 1 unspecified atom stereocenters. The van der Waals surface area contributed by atoms with E-state index >= 15 is 0 Å². The van der Waals surface area contributed by atoms with Crippen LogP contribution in [0.2, 0.25) is 0 Å². The molecule has 0 radical (unpaired) electrons. The summed E-state index contributed by atoms with van der Waals surface area (Å²) in [6.45, 7) is 6.44. The van der Waals surface area contributed by atoms with Crippen molar-refractivity contribution in [2.45, 2.75) is 40.0 Å². The first-order valence-corrected chi connectivity index (χ1v) is 9.27. The Morgan fingerprint density at radius 3 is 2.59 bits per heavy atom. The van der Waals surface area contributed by atoms with Crippen LogP contribution >= 0.6 is 0 Å². The van der Waals surface area contributed by atoms with E-state index in [1.807, 2.05) is 35.9 Å². The monoisotopic (exact) mass is 370 g/mol. The van der Waals surface area contributed by atoms with Crippen LogP contribution < -0.4 is 5.32 Å². The average Bonchev–Trinajstić information content (AvgIpc) is 3.22. The largest absolute Gasteiger partial charge is 0.481 e. The number of aliphatic carboxylic acids is 1. The van der Waals surface area contributed by atoms with E-state index in [2.05, 4.69) is 17.3 Å². The van der Waals surface area contributed by atoms with Gasteiger partial charge < -0.3 is 15.3 Å². The van der Waals surface area contributed by atoms with Gasteiger partial charge in [-0.05, 0) is 38.8 Å². The van der Waals surface area contributed by atoms with Crippen LogP contribution in [0.1, 0.15) is 37.9 Å². The minimum absolute atomic E-state index is 0.212. The summed E-state index contributed by atoms with van der Waals surface area (Å²) in [5, 5.41) is 16.7. The fourth-order valence-corrected chi connectivity index (χ4v) is 3.37. The molecule has 7 heteroatoms. The van der Waals surface area contributed by atoms with E-state index < -0.39 is 11.4 Å². The lowest BCUT2D eigenvalue weighted by Crippen LogP contribution is -2.37. The Kier molecular flexibility index (Phi) is 5.21. The molecule has 1 aliphatic heterocycles. The van der Waals surface area contributed by atoms with Crippen LogP contribution in [0.4, 0.5) is 10.5 Å². The van der Waals surface area contributed by atoms with Gasteiger partial charge in [-0.3, -0.25) is 4.79 Å². The fraction of sp³-hybridized carbons (Fsp3) is 0.450. The second-order valence-electron chi connectivity index (χ2n) is 7.47. The highest BCUT2D eigenvalue weighted by Gasteiger charge is 2.42. The normalized spacial score (nSPS) is 19.3. The Morgan fingerprint density at radius 2 is 2.00 bits per heavy atom. The fourth-order valence-electron chi connectivity index (χ4n) is 3.37. The zero-order chi connectivity index (χ0) is 19.6. The first kappa shape index (κ1) is 18.9. The molecule has 0 saturated carbocycles. The van der Waals surface area contributed by atoms with Gasteiger partial charge in [0.15, 0.2) is 0 Å². The van der Waals surface area contributed by atoms with E-state index in [0.717, 1.165) is 24.2 Å². The molecule has 1 fully saturated rings. The van der Waals surface area contributed by atoms with Gasteiger partial charge in [-0.25, -0.2) is 9.48 Å². The molecule has 144 valence electrons. The molecule has 2 aromatic rings. The number of hydrogen-bond acceptors (Lipinski definition) is 3. The molecule has 2 amide bonds. The van der Waals surface area contributed by atoms with Crippen LogP contribution in [0.15, 0.2) is 30.5 Å². The molecule has 27 heavy (non-hydrogen) atoms. The van der Waals surface area contributed by atoms with Crippen molar-refractivity contribution in [1.82, 2.24) is 14.7 Å². The van der Waals surface area contributed by atoms with Crippen molar-refractivity contribution < 1.29 is 14.7 Å². The van der Waals surface area contributed by atoms with Gasteiger partial charge in [0.05, 0.1) is 28.7 Å². The van der Waals surface area contributed by atoms with Crippen LogP contribution in [0.3, 0.4) is 0 Å². The summed E-state index contributed by atoms with van der Waals surface area (Å²) in [5.41, 5.74) is 2.85. The topological polar surface area (TPSA) is 87.5 Å². The Labute approximate surface area is 159 Å². The number of carboxylic acids is 1. The summed E-state index contributed by atoms with van der Waals surface area (Å²) in [6, 6.07) is 7.79. The minimum Gasteiger partial charge on any atom is -0.481 e. The first-order chi connectivity index (χ1) is 12.8. The lowest BCUT2D eigenvalue weighted by molar-refractivity contribution is -0.146. The number of carbonyl (C=O) groups excluding carboxylic acids is 1. The SMILES string of the molecule is CCCc1c(NC(=O)N2CCC(C)(C(=O)O)C2)cnn1-c1ccc(C)cc1. The molecule has 0 spiro atoms. The summed E-state index contributed by atoms with van der Waals surface area (Å²) in [6.07, 6.45) is 3.81. The van der Waals surface area contributed by atoms with E-state index in [0.29, 0.717) is 18.7 Å². The number of urea groups is 1. The summed E-state index contributed by atoms with van der Waals surface area (Å²) in [7, 11) is 0. The highest BCUT2D eigenvalue weighted by Crippen LogP contribution is 2.31. The lowest BCUT2D eigenvalue weighted by Gasteiger charge is -2.20. The van der Waals surface area contributed by atoms with E-state index in [-0.39, 0.29) is 12.6 Å². The second kappa shape index (κ2) is 7.42. The maximum Gasteiger partial charge on any atom is 0.321 e. The van der Waals surface area contributed by atoms with E-state index in [4.69, 9.17) is 0 Å². The number of nitrogens with one attached hydrogen (secondary N) is 1. The molecule has 0 bridgehead atoms. The molecule has 1 aliphatic rings. The maximum atomic E-state index is 12.7. The number of rotatable bonds is 5. The molecular weight excluding hydrogens is 344 g/mol. The standard InChI is InChI=1S/C20H26N4O3/c1-4-5-17-16(12-21-24(17)15-8-6-14(2)7-9-15)22-19(27)23-11-10-20(3,13-23)18(25)26/h6-9,12H,4-5,10-11,13H2,1-3H3,(H,22,27)(H,25,26). The predicted molar refractivity (Wildman–Crippen MR) is 103 cm³/mol. The maximum absolute atomic E-state index is 12.7. The number of anilines is 1. The van der Waals surface area contributed by atoms with Crippen molar-refractivity contribution in [2.75, 3.05) is 18.4 Å². The Hall–Kier alpha value is -2.83. The van der Waals surface area contributed by atoms with Gasteiger partial charge >= 0.3 is 12.0 Å². The molecule has 1 saturated heterocycles. The Balaban J connectivity index is 1.80. The van der Waals surface area contributed by atoms with Gasteiger partial charge in [0.25, 0.3) is 0 Å². The molecule has 3 rings (SSSR count). The van der Waals surface area contributed by atoms with E-state index in [1.54, 1.807) is 18.0 Å². The molecule has 2 heterocycles. The molecule has 7 nitrogen and oxygen atoms in total. The van der Waals surface area contributed by atoms with Crippen molar-refractivity contribution in [1.29, 1.82) is 0 Å². The average molecular weight is 370 g/mol. The van der Waals surface area contributed by atoms with Gasteiger partial charge in [0.1, 0.15) is 0 Å². The highest BCUT2D eigenvalue weighted by atomic mass is 16.4. The van der Waals surface area contributed by atoms with Gasteiger partial charge in [0.2, 0.25) is 0 Å². The van der Waals surface area contributed by atoms with Crippen molar-refractivity contribution in [3.8, 4) is 5.69 Å². The quantitative estimate of drug-likeness (QED) is 0.844. The number of amides is 2. The zero-order valence-electron chi connectivity index (χ0n) is 16.0. The molecular formula is C20H26N4O3. The van der Waals surface area contributed by atoms with Crippen LogP contribution in [-0.2, 0) is 11.2 Å².